The first-order valence-electron chi connectivity index (χ1n) is 8.20. The molecule has 1 amide bonds. The van der Waals surface area contributed by atoms with Crippen LogP contribution in [-0.4, -0.2) is 36.5 Å². The van der Waals surface area contributed by atoms with Crippen LogP contribution < -0.4 is 21.1 Å². The first-order chi connectivity index (χ1) is 12.2. The third kappa shape index (κ3) is 5.32. The van der Waals surface area contributed by atoms with E-state index in [4.69, 9.17) is 10.5 Å². The van der Waals surface area contributed by atoms with Crippen molar-refractivity contribution >= 4 is 35.8 Å². The summed E-state index contributed by atoms with van der Waals surface area (Å²) in [6.07, 6.45) is 3.98. The number of amides is 1. The molecule has 1 aromatic carbocycles. The van der Waals surface area contributed by atoms with Crippen LogP contribution in [0.3, 0.4) is 0 Å². The lowest BCUT2D eigenvalue weighted by Crippen LogP contribution is -2.38. The number of fused-ring (bicyclic) bond motifs is 1. The lowest BCUT2D eigenvalue weighted by Gasteiger charge is -2.26. The van der Waals surface area contributed by atoms with E-state index in [0.717, 1.165) is 17.7 Å². The van der Waals surface area contributed by atoms with Gasteiger partial charge in [-0.3, -0.25) is 14.8 Å². The monoisotopic (exact) mass is 467 g/mol. The summed E-state index contributed by atoms with van der Waals surface area (Å²) in [5, 5.41) is 6.00. The van der Waals surface area contributed by atoms with Crippen LogP contribution >= 0.6 is 24.0 Å². The summed E-state index contributed by atoms with van der Waals surface area (Å²) in [5.41, 5.74) is 7.57. The number of nitrogens with zero attached hydrogens (tertiary/aromatic N) is 2. The van der Waals surface area contributed by atoms with E-state index >= 15 is 0 Å². The summed E-state index contributed by atoms with van der Waals surface area (Å²) >= 11 is 0. The molecule has 2 heterocycles. The van der Waals surface area contributed by atoms with Crippen molar-refractivity contribution in [2.24, 2.45) is 10.7 Å². The summed E-state index contributed by atoms with van der Waals surface area (Å²) in [7, 11) is 0. The van der Waals surface area contributed by atoms with E-state index in [0.29, 0.717) is 31.2 Å². The second kappa shape index (κ2) is 9.95. The van der Waals surface area contributed by atoms with E-state index < -0.39 is 0 Å². The number of pyridine rings is 1. The number of aromatic nitrogens is 1. The van der Waals surface area contributed by atoms with Gasteiger partial charge in [-0.2, -0.15) is 0 Å². The van der Waals surface area contributed by atoms with Gasteiger partial charge < -0.3 is 21.1 Å². The Morgan fingerprint density at radius 2 is 2.15 bits per heavy atom. The summed E-state index contributed by atoms with van der Waals surface area (Å²) in [6, 6.07) is 11.4. The number of hydrogen-bond acceptors (Lipinski definition) is 4. The molecule has 7 nitrogen and oxygen atoms in total. The maximum Gasteiger partial charge on any atom is 0.252 e. The molecule has 1 atom stereocenters. The third-order valence-electron chi connectivity index (χ3n) is 3.88. The van der Waals surface area contributed by atoms with E-state index in [2.05, 4.69) is 20.6 Å². The summed E-state index contributed by atoms with van der Waals surface area (Å²) in [6.45, 7) is 1.44. The quantitative estimate of drug-likeness (QED) is 0.270. The zero-order valence-corrected chi connectivity index (χ0v) is 16.6. The van der Waals surface area contributed by atoms with Crippen molar-refractivity contribution in [2.75, 3.05) is 19.7 Å². The van der Waals surface area contributed by atoms with Crippen LogP contribution in [0.4, 0.5) is 0 Å². The Kier molecular flexibility index (Phi) is 7.64. The minimum Gasteiger partial charge on any atom is -0.493 e. The lowest BCUT2D eigenvalue weighted by atomic mass is 10.0. The molecule has 0 saturated carbocycles. The van der Waals surface area contributed by atoms with E-state index in [1.807, 2.05) is 24.3 Å². The number of hydrogen-bond donors (Lipinski definition) is 3. The normalized spacial score (nSPS) is 15.8. The van der Waals surface area contributed by atoms with Gasteiger partial charge in [0.2, 0.25) is 0 Å². The summed E-state index contributed by atoms with van der Waals surface area (Å²) in [4.78, 5) is 20.1. The average molecular weight is 467 g/mol. The van der Waals surface area contributed by atoms with Crippen molar-refractivity contribution in [1.29, 1.82) is 0 Å². The molecule has 0 fully saturated rings. The zero-order chi connectivity index (χ0) is 17.5. The molecule has 2 aromatic rings. The first-order valence-corrected chi connectivity index (χ1v) is 8.20. The van der Waals surface area contributed by atoms with E-state index in [-0.39, 0.29) is 35.9 Å². The molecule has 1 aromatic heterocycles. The van der Waals surface area contributed by atoms with Crippen LogP contribution in [0.25, 0.3) is 0 Å². The number of ether oxygens (including phenoxy) is 1. The molecular formula is C18H22IN5O2. The Labute approximate surface area is 169 Å². The molecule has 138 valence electrons. The van der Waals surface area contributed by atoms with Gasteiger partial charge in [0.25, 0.3) is 5.91 Å². The molecule has 1 aliphatic rings. The Balaban J connectivity index is 0.00000243. The van der Waals surface area contributed by atoms with Crippen LogP contribution in [0.2, 0.25) is 0 Å². The van der Waals surface area contributed by atoms with Crippen LogP contribution in [0.5, 0.6) is 5.75 Å². The molecule has 0 aliphatic carbocycles. The second-order valence-electron chi connectivity index (χ2n) is 5.64. The van der Waals surface area contributed by atoms with Gasteiger partial charge in [0.1, 0.15) is 5.75 Å². The van der Waals surface area contributed by atoms with Gasteiger partial charge in [-0.1, -0.05) is 18.2 Å². The van der Waals surface area contributed by atoms with Crippen molar-refractivity contribution in [1.82, 2.24) is 15.6 Å². The topological polar surface area (TPSA) is 102 Å². The predicted octanol–water partition coefficient (Wildman–Crippen LogP) is 1.86. The average Bonchev–Trinajstić information content (AvgIpc) is 2.66. The Hall–Kier alpha value is -2.36. The molecule has 0 radical (unpaired) electrons. The zero-order valence-electron chi connectivity index (χ0n) is 14.2. The van der Waals surface area contributed by atoms with Gasteiger partial charge in [0, 0.05) is 30.9 Å². The van der Waals surface area contributed by atoms with Gasteiger partial charge >= 0.3 is 0 Å². The van der Waals surface area contributed by atoms with Crippen LogP contribution in [0.15, 0.2) is 53.8 Å². The molecule has 8 heteroatoms. The number of carbonyl (C=O) groups excluding carboxylic acids is 1. The highest BCUT2D eigenvalue weighted by atomic mass is 127. The Bertz CT molecular complexity index is 754. The Morgan fingerprint density at radius 1 is 1.31 bits per heavy atom. The number of aliphatic imine (C=N–C) groups is 1. The van der Waals surface area contributed by atoms with Crippen molar-refractivity contribution in [3.8, 4) is 5.75 Å². The number of nitrogens with two attached hydrogens (primary N) is 1. The van der Waals surface area contributed by atoms with Crippen molar-refractivity contribution in [2.45, 2.75) is 12.5 Å². The van der Waals surface area contributed by atoms with Crippen molar-refractivity contribution in [3.63, 3.8) is 0 Å². The molecule has 0 bridgehead atoms. The van der Waals surface area contributed by atoms with Crippen molar-refractivity contribution in [3.05, 3.63) is 59.9 Å². The summed E-state index contributed by atoms with van der Waals surface area (Å²) in [5.74, 6) is 1.06. The van der Waals surface area contributed by atoms with E-state index in [9.17, 15) is 4.79 Å². The Morgan fingerprint density at radius 3 is 2.96 bits per heavy atom. The standard InChI is InChI=1S/C18H21N5O2.HI/c19-18(22-10-9-21-17(24)13-4-3-8-20-12-13)23-15-7-11-25-16-6-2-1-5-14(15)16;/h1-6,8,12,15H,7,9-11H2,(H,21,24)(H3,19,22,23);1H. The van der Waals surface area contributed by atoms with E-state index in [1.54, 1.807) is 18.3 Å². The molecule has 1 aliphatic heterocycles. The number of benzene rings is 1. The fourth-order valence-corrected chi connectivity index (χ4v) is 2.66. The lowest BCUT2D eigenvalue weighted by molar-refractivity contribution is 0.0954. The highest BCUT2D eigenvalue weighted by molar-refractivity contribution is 14.0. The molecule has 0 spiro atoms. The highest BCUT2D eigenvalue weighted by Crippen LogP contribution is 2.31. The minimum absolute atomic E-state index is 0. The molecule has 1 unspecified atom stereocenters. The largest absolute Gasteiger partial charge is 0.493 e. The third-order valence-corrected chi connectivity index (χ3v) is 3.88. The number of nitrogens with one attached hydrogen (secondary N) is 2. The number of carbonyl (C=O) groups is 1. The maximum atomic E-state index is 11.9. The fraction of sp³-hybridized carbons (Fsp3) is 0.278. The van der Waals surface area contributed by atoms with Gasteiger partial charge in [0.15, 0.2) is 5.96 Å². The SMILES string of the molecule is I.NC(=NCCNC(=O)c1cccnc1)NC1CCOc2ccccc21. The van der Waals surface area contributed by atoms with Crippen molar-refractivity contribution < 1.29 is 9.53 Å². The minimum atomic E-state index is -0.173. The van der Waals surface area contributed by atoms with Crippen LogP contribution in [-0.2, 0) is 0 Å². The van der Waals surface area contributed by atoms with Crippen LogP contribution in [0, 0.1) is 0 Å². The predicted molar refractivity (Wildman–Crippen MR) is 111 cm³/mol. The number of guanidine groups is 1. The van der Waals surface area contributed by atoms with Gasteiger partial charge in [0.05, 0.1) is 24.8 Å². The van der Waals surface area contributed by atoms with Gasteiger partial charge in [-0.15, -0.1) is 24.0 Å². The number of rotatable bonds is 5. The number of halogens is 1. The fourth-order valence-electron chi connectivity index (χ4n) is 2.66. The molecule has 4 N–H and O–H groups in total. The van der Waals surface area contributed by atoms with E-state index in [1.165, 1.54) is 6.20 Å². The first kappa shape index (κ1) is 20.0. The molecular weight excluding hydrogens is 445 g/mol. The van der Waals surface area contributed by atoms with Gasteiger partial charge in [-0.25, -0.2) is 0 Å². The summed E-state index contributed by atoms with van der Waals surface area (Å²) < 4.78 is 5.63. The molecule has 0 saturated heterocycles. The van der Waals surface area contributed by atoms with Crippen LogP contribution in [0.1, 0.15) is 28.4 Å². The highest BCUT2D eigenvalue weighted by Gasteiger charge is 2.21. The maximum absolute atomic E-state index is 11.9. The smallest absolute Gasteiger partial charge is 0.252 e. The number of para-hydroxylation sites is 1. The second-order valence-corrected chi connectivity index (χ2v) is 5.64. The molecule has 3 rings (SSSR count). The van der Waals surface area contributed by atoms with Gasteiger partial charge in [-0.05, 0) is 18.2 Å². The molecule has 26 heavy (non-hydrogen) atoms.